The summed E-state index contributed by atoms with van der Waals surface area (Å²) in [7, 11) is 0. The molecule has 1 aromatic heterocycles. The van der Waals surface area contributed by atoms with Crippen molar-refractivity contribution >= 4 is 11.7 Å². The smallest absolute Gasteiger partial charge is 0.225 e. The van der Waals surface area contributed by atoms with E-state index in [-0.39, 0.29) is 18.6 Å². The number of ether oxygens (including phenoxy) is 1. The number of carbonyl (C=O) groups is 1. The average Bonchev–Trinajstić information content (AvgIpc) is 2.97. The van der Waals surface area contributed by atoms with Gasteiger partial charge in [0.15, 0.2) is 0 Å². The molecule has 2 rings (SSSR count). The molecule has 0 saturated carbocycles. The van der Waals surface area contributed by atoms with Gasteiger partial charge in [-0.05, 0) is 31.4 Å². The summed E-state index contributed by atoms with van der Waals surface area (Å²) < 4.78 is 5.48. The molecule has 5 heteroatoms. The van der Waals surface area contributed by atoms with Crippen LogP contribution < -0.4 is 5.32 Å². The zero-order valence-electron chi connectivity index (χ0n) is 11.3. The number of amides is 1. The number of aliphatic hydroxyl groups excluding tert-OH is 1. The van der Waals surface area contributed by atoms with E-state index in [4.69, 9.17) is 9.84 Å². The highest BCUT2D eigenvalue weighted by atomic mass is 16.5. The van der Waals surface area contributed by atoms with Gasteiger partial charge in [0.1, 0.15) is 12.4 Å². The topological polar surface area (TPSA) is 71.5 Å². The summed E-state index contributed by atoms with van der Waals surface area (Å²) in [6, 6.07) is 3.41. The normalized spacial score (nSPS) is 17.4. The van der Waals surface area contributed by atoms with Crippen molar-refractivity contribution in [3.63, 3.8) is 0 Å². The molecule has 0 aromatic carbocycles. The third kappa shape index (κ3) is 4.65. The Labute approximate surface area is 118 Å². The van der Waals surface area contributed by atoms with Crippen molar-refractivity contribution in [1.82, 2.24) is 4.98 Å². The summed E-state index contributed by atoms with van der Waals surface area (Å²) >= 11 is 0. The Bertz CT molecular complexity index is 513. The molecule has 1 saturated heterocycles. The van der Waals surface area contributed by atoms with E-state index in [1.54, 1.807) is 18.3 Å². The van der Waals surface area contributed by atoms with Gasteiger partial charge < -0.3 is 15.2 Å². The maximum absolute atomic E-state index is 11.8. The minimum absolute atomic E-state index is 0.0692. The van der Waals surface area contributed by atoms with Gasteiger partial charge in [0, 0.05) is 24.8 Å². The third-order valence-corrected chi connectivity index (χ3v) is 3.06. The molecule has 2 heterocycles. The molecule has 20 heavy (non-hydrogen) atoms. The molecule has 1 aromatic rings. The van der Waals surface area contributed by atoms with Crippen LogP contribution in [0, 0.1) is 11.8 Å². The van der Waals surface area contributed by atoms with Crippen LogP contribution in [-0.2, 0) is 9.53 Å². The number of aromatic nitrogens is 1. The zero-order valence-corrected chi connectivity index (χ0v) is 11.3. The number of carbonyl (C=O) groups excluding carboxylic acids is 1. The Morgan fingerprint density at radius 3 is 3.25 bits per heavy atom. The first-order valence-corrected chi connectivity index (χ1v) is 6.75. The molecule has 2 N–H and O–H groups in total. The van der Waals surface area contributed by atoms with Crippen molar-refractivity contribution in [2.45, 2.75) is 31.8 Å². The minimum Gasteiger partial charge on any atom is -0.384 e. The highest BCUT2D eigenvalue weighted by Gasteiger charge is 2.16. The van der Waals surface area contributed by atoms with E-state index in [0.29, 0.717) is 17.8 Å². The predicted molar refractivity (Wildman–Crippen MR) is 75.0 cm³/mol. The highest BCUT2D eigenvalue weighted by Crippen LogP contribution is 2.17. The van der Waals surface area contributed by atoms with Crippen LogP contribution in [-0.4, -0.2) is 35.3 Å². The fourth-order valence-electron chi connectivity index (χ4n) is 2.09. The highest BCUT2D eigenvalue weighted by molar-refractivity contribution is 5.89. The molecule has 1 atom stereocenters. The van der Waals surface area contributed by atoms with Crippen LogP contribution in [0.3, 0.4) is 0 Å². The lowest BCUT2D eigenvalue weighted by Crippen LogP contribution is -2.15. The summed E-state index contributed by atoms with van der Waals surface area (Å²) in [5.41, 5.74) is 0.712. The van der Waals surface area contributed by atoms with E-state index in [1.807, 2.05) is 0 Å². The first kappa shape index (κ1) is 14.5. The lowest BCUT2D eigenvalue weighted by atomic mass is 10.1. The number of nitrogens with zero attached hydrogens (tertiary/aromatic N) is 1. The first-order chi connectivity index (χ1) is 9.78. The number of anilines is 1. The number of hydrogen-bond acceptors (Lipinski definition) is 4. The quantitative estimate of drug-likeness (QED) is 0.812. The molecule has 1 aliphatic heterocycles. The van der Waals surface area contributed by atoms with Crippen LogP contribution in [0.25, 0.3) is 0 Å². The lowest BCUT2D eigenvalue weighted by Gasteiger charge is -2.09. The summed E-state index contributed by atoms with van der Waals surface area (Å²) in [6.45, 7) is 0.616. The molecular formula is C15H18N2O3. The van der Waals surface area contributed by atoms with Gasteiger partial charge in [0.2, 0.25) is 5.91 Å². The summed E-state index contributed by atoms with van der Waals surface area (Å²) in [5.74, 6) is 5.74. The van der Waals surface area contributed by atoms with Crippen LogP contribution in [0.2, 0.25) is 0 Å². The molecule has 1 unspecified atom stereocenters. The molecule has 0 aliphatic carbocycles. The van der Waals surface area contributed by atoms with E-state index in [9.17, 15) is 4.79 Å². The van der Waals surface area contributed by atoms with Crippen molar-refractivity contribution in [2.24, 2.45) is 0 Å². The molecule has 1 amide bonds. The number of pyridine rings is 1. The maximum Gasteiger partial charge on any atom is 0.225 e. The van der Waals surface area contributed by atoms with E-state index in [1.165, 1.54) is 0 Å². The van der Waals surface area contributed by atoms with Crippen LogP contribution >= 0.6 is 0 Å². The van der Waals surface area contributed by atoms with Crippen molar-refractivity contribution in [1.29, 1.82) is 0 Å². The van der Waals surface area contributed by atoms with E-state index in [0.717, 1.165) is 25.9 Å². The third-order valence-electron chi connectivity index (χ3n) is 3.06. The van der Waals surface area contributed by atoms with Gasteiger partial charge in [-0.3, -0.25) is 4.79 Å². The molecule has 1 aliphatic rings. The van der Waals surface area contributed by atoms with Gasteiger partial charge in [-0.1, -0.05) is 11.8 Å². The molecule has 0 spiro atoms. The Morgan fingerprint density at radius 2 is 2.50 bits per heavy atom. The van der Waals surface area contributed by atoms with Crippen LogP contribution in [0.15, 0.2) is 18.3 Å². The van der Waals surface area contributed by atoms with Gasteiger partial charge in [0.05, 0.1) is 6.10 Å². The second kappa shape index (κ2) is 7.63. The number of rotatable bonds is 4. The minimum atomic E-state index is -0.189. The van der Waals surface area contributed by atoms with E-state index >= 15 is 0 Å². The fourth-order valence-corrected chi connectivity index (χ4v) is 2.09. The molecule has 106 valence electrons. The van der Waals surface area contributed by atoms with E-state index in [2.05, 4.69) is 22.1 Å². The summed E-state index contributed by atoms with van der Waals surface area (Å²) in [5, 5.41) is 11.4. The maximum atomic E-state index is 11.8. The zero-order chi connectivity index (χ0) is 14.2. The average molecular weight is 274 g/mol. The van der Waals surface area contributed by atoms with Gasteiger partial charge in [-0.25, -0.2) is 4.98 Å². The standard InChI is InChI=1S/C15H18N2O3/c18-9-1-3-12-7-8-16-14(11-12)17-15(19)6-5-13-4-2-10-20-13/h7-8,11,13,18H,2,4-6,9-10H2,(H,16,17,19). The number of nitrogens with one attached hydrogen (secondary N) is 1. The molecule has 1 fully saturated rings. The van der Waals surface area contributed by atoms with Crippen molar-refractivity contribution in [3.8, 4) is 11.8 Å². The largest absolute Gasteiger partial charge is 0.384 e. The molecule has 5 nitrogen and oxygen atoms in total. The lowest BCUT2D eigenvalue weighted by molar-refractivity contribution is -0.116. The second-order valence-corrected chi connectivity index (χ2v) is 4.61. The van der Waals surface area contributed by atoms with Crippen LogP contribution in [0.4, 0.5) is 5.82 Å². The van der Waals surface area contributed by atoms with Gasteiger partial charge in [-0.15, -0.1) is 0 Å². The summed E-state index contributed by atoms with van der Waals surface area (Å²) in [6.07, 6.45) is 5.10. The monoisotopic (exact) mass is 274 g/mol. The van der Waals surface area contributed by atoms with Gasteiger partial charge >= 0.3 is 0 Å². The summed E-state index contributed by atoms with van der Waals surface area (Å²) in [4.78, 5) is 15.9. The Morgan fingerprint density at radius 1 is 1.60 bits per heavy atom. The van der Waals surface area contributed by atoms with Crippen molar-refractivity contribution in [2.75, 3.05) is 18.5 Å². The number of aliphatic hydroxyl groups is 1. The van der Waals surface area contributed by atoms with Crippen LogP contribution in [0.1, 0.15) is 31.2 Å². The number of hydrogen-bond donors (Lipinski definition) is 2. The predicted octanol–water partition coefficient (Wildman–Crippen LogP) is 1.32. The fraction of sp³-hybridized carbons (Fsp3) is 0.467. The van der Waals surface area contributed by atoms with Crippen molar-refractivity contribution < 1.29 is 14.6 Å². The SMILES string of the molecule is O=C(CCC1CCCO1)Nc1cc(C#CCO)ccn1. The first-order valence-electron chi connectivity index (χ1n) is 6.75. The second-order valence-electron chi connectivity index (χ2n) is 4.61. The molecular weight excluding hydrogens is 256 g/mol. The Kier molecular flexibility index (Phi) is 5.54. The van der Waals surface area contributed by atoms with Gasteiger partial charge in [0.25, 0.3) is 0 Å². The Balaban J connectivity index is 1.83. The van der Waals surface area contributed by atoms with Gasteiger partial charge in [-0.2, -0.15) is 0 Å². The molecule has 0 bridgehead atoms. The van der Waals surface area contributed by atoms with Crippen LogP contribution in [0.5, 0.6) is 0 Å². The Hall–Kier alpha value is -1.90. The van der Waals surface area contributed by atoms with E-state index < -0.39 is 0 Å². The molecule has 0 radical (unpaired) electrons. The van der Waals surface area contributed by atoms with Crippen molar-refractivity contribution in [3.05, 3.63) is 23.9 Å².